The number of benzene rings is 3. The van der Waals surface area contributed by atoms with E-state index in [0.29, 0.717) is 70.3 Å². The molecule has 15 heteroatoms. The number of ether oxygens (including phenoxy) is 5. The summed E-state index contributed by atoms with van der Waals surface area (Å²) in [5, 5.41) is 35.5. The van der Waals surface area contributed by atoms with Crippen molar-refractivity contribution in [1.29, 1.82) is 0 Å². The molecule has 4 aromatic rings. The number of piperazine rings is 1. The second kappa shape index (κ2) is 12.4. The average Bonchev–Trinajstić information content (AvgIpc) is 3.80. The minimum Gasteiger partial charge on any atom is -0.508 e. The molecule has 0 saturated carbocycles. The van der Waals surface area contributed by atoms with Crippen molar-refractivity contribution in [2.45, 2.75) is 74.8 Å². The lowest BCUT2D eigenvalue weighted by Crippen LogP contribution is -2.70. The summed E-state index contributed by atoms with van der Waals surface area (Å²) in [6.45, 7) is 5.44. The number of nitrogens with one attached hydrogen (secondary N) is 1. The lowest BCUT2D eigenvalue weighted by molar-refractivity contribution is -0.188. The van der Waals surface area contributed by atoms with E-state index < -0.39 is 47.1 Å². The van der Waals surface area contributed by atoms with Gasteiger partial charge in [0.25, 0.3) is 0 Å². The number of aryl methyl sites for hydroxylation is 1. The highest BCUT2D eigenvalue weighted by Crippen LogP contribution is 2.64. The molecule has 294 valence electrons. The molecule has 8 heterocycles. The monoisotopic (exact) mass is 784 g/mol. The van der Waals surface area contributed by atoms with Gasteiger partial charge in [0.2, 0.25) is 6.79 Å². The summed E-state index contributed by atoms with van der Waals surface area (Å²) in [5.74, 6) is 1.09. The first-order valence-corrected chi connectivity index (χ1v) is 20.0. The highest BCUT2D eigenvalue weighted by Gasteiger charge is 2.62. The maximum Gasteiger partial charge on any atom is 0.333 e. The predicted octanol–water partition coefficient (Wildman–Crippen LogP) is 4.23. The summed E-state index contributed by atoms with van der Waals surface area (Å²) in [6, 6.07) is 5.03. The maximum atomic E-state index is 15.0. The molecule has 0 radical (unpaired) electrons. The Hall–Kier alpha value is -4.67. The molecule has 4 N–H and O–H groups in total. The number of thioether (sulfide) groups is 1. The molecule has 4 bridgehead atoms. The summed E-state index contributed by atoms with van der Waals surface area (Å²) in [6.07, 6.45) is 0.0744. The van der Waals surface area contributed by atoms with Gasteiger partial charge in [0.05, 0.1) is 36.2 Å². The Morgan fingerprint density at radius 1 is 1.05 bits per heavy atom. The minimum absolute atomic E-state index is 0.0512. The van der Waals surface area contributed by atoms with Gasteiger partial charge in [-0.2, -0.15) is 0 Å². The highest BCUT2D eigenvalue weighted by atomic mass is 32.2. The number of carbonyl (C=O) groups excluding carboxylic acids is 2. The zero-order chi connectivity index (χ0) is 39.1. The van der Waals surface area contributed by atoms with Crippen LogP contribution in [0.3, 0.4) is 0 Å². The van der Waals surface area contributed by atoms with Gasteiger partial charge in [-0.25, -0.2) is 4.79 Å². The van der Waals surface area contributed by atoms with Crippen molar-refractivity contribution in [3.05, 3.63) is 68.9 Å². The van der Waals surface area contributed by atoms with Crippen LogP contribution in [0.2, 0.25) is 0 Å². The van der Waals surface area contributed by atoms with E-state index in [-0.39, 0.29) is 36.7 Å². The lowest BCUT2D eigenvalue weighted by Gasteiger charge is -2.62. The molecule has 11 rings (SSSR count). The van der Waals surface area contributed by atoms with Crippen LogP contribution in [0.1, 0.15) is 68.9 Å². The highest BCUT2D eigenvalue weighted by molar-refractivity contribution is 7.99. The zero-order valence-electron chi connectivity index (χ0n) is 32.0. The molecule has 14 nitrogen and oxygen atoms in total. The molecule has 7 aliphatic rings. The van der Waals surface area contributed by atoms with Crippen molar-refractivity contribution in [2.75, 3.05) is 46.9 Å². The van der Waals surface area contributed by atoms with E-state index in [2.05, 4.69) is 9.88 Å². The molecule has 0 aliphatic carbocycles. The van der Waals surface area contributed by atoms with Gasteiger partial charge < -0.3 is 44.0 Å². The molecule has 1 aromatic heterocycles. The van der Waals surface area contributed by atoms with E-state index in [1.54, 1.807) is 19.2 Å². The third-order valence-electron chi connectivity index (χ3n) is 13.2. The van der Waals surface area contributed by atoms with E-state index in [4.69, 9.17) is 23.7 Å². The summed E-state index contributed by atoms with van der Waals surface area (Å²) in [5.41, 5.74) is 5.56. The number of aromatic hydroxyl groups is 2. The Labute approximate surface area is 327 Å². The Morgan fingerprint density at radius 3 is 2.61 bits per heavy atom. The Morgan fingerprint density at radius 2 is 1.84 bits per heavy atom. The normalized spacial score (nSPS) is 29.4. The number of aliphatic hydroxyl groups is 1. The number of fused-ring (bicyclic) bond motifs is 11. The quantitative estimate of drug-likeness (QED) is 0.169. The van der Waals surface area contributed by atoms with Crippen molar-refractivity contribution >= 4 is 34.6 Å². The fourth-order valence-corrected chi connectivity index (χ4v) is 12.5. The van der Waals surface area contributed by atoms with E-state index in [1.165, 1.54) is 18.7 Å². The summed E-state index contributed by atoms with van der Waals surface area (Å²) in [7, 11) is 5.45. The Balaban J connectivity index is 1.25. The van der Waals surface area contributed by atoms with Gasteiger partial charge in [0, 0.05) is 58.4 Å². The largest absolute Gasteiger partial charge is 0.508 e. The molecule has 1 unspecified atom stereocenters. The van der Waals surface area contributed by atoms with Crippen LogP contribution in [0.25, 0.3) is 10.9 Å². The summed E-state index contributed by atoms with van der Waals surface area (Å²) < 4.78 is 30.7. The van der Waals surface area contributed by atoms with Gasteiger partial charge >= 0.3 is 11.9 Å². The van der Waals surface area contributed by atoms with Crippen molar-refractivity contribution in [1.82, 2.24) is 19.7 Å². The minimum atomic E-state index is -1.28. The fraction of sp³-hybridized carbons (Fsp3) is 0.463. The number of carbonyl (C=O) groups is 2. The summed E-state index contributed by atoms with van der Waals surface area (Å²) >= 11 is 1.52. The van der Waals surface area contributed by atoms with Crippen LogP contribution in [0, 0.1) is 13.8 Å². The van der Waals surface area contributed by atoms with Gasteiger partial charge in [0.15, 0.2) is 28.5 Å². The number of aromatic amines is 1. The van der Waals surface area contributed by atoms with Crippen molar-refractivity contribution in [2.24, 2.45) is 0 Å². The third-order valence-corrected chi connectivity index (χ3v) is 14.7. The first-order valence-electron chi connectivity index (χ1n) is 18.9. The van der Waals surface area contributed by atoms with Crippen molar-refractivity contribution in [3.8, 4) is 34.5 Å². The number of hydrogen-bond donors (Lipinski definition) is 4. The van der Waals surface area contributed by atoms with Crippen LogP contribution in [0.4, 0.5) is 0 Å². The van der Waals surface area contributed by atoms with Crippen LogP contribution < -0.4 is 18.9 Å². The molecule has 2 fully saturated rings. The van der Waals surface area contributed by atoms with Gasteiger partial charge in [-0.3, -0.25) is 19.5 Å². The Bertz CT molecular complexity index is 2380. The van der Waals surface area contributed by atoms with E-state index >= 15 is 4.79 Å². The first kappa shape index (κ1) is 35.7. The number of likely N-dealkylation sites (N-methyl/N-ethyl adjacent to an activating group) is 2. The number of H-pyrrole nitrogens is 1. The number of methoxy groups -OCH3 is 1. The van der Waals surface area contributed by atoms with Gasteiger partial charge in [-0.05, 0) is 75.7 Å². The van der Waals surface area contributed by atoms with Crippen LogP contribution in [0.15, 0.2) is 24.3 Å². The van der Waals surface area contributed by atoms with Gasteiger partial charge in [-0.1, -0.05) is 6.07 Å². The van der Waals surface area contributed by atoms with Crippen LogP contribution in [-0.4, -0.2) is 112 Å². The van der Waals surface area contributed by atoms with Crippen LogP contribution >= 0.6 is 11.8 Å². The number of esters is 2. The molecule has 0 amide bonds. The number of aromatic nitrogens is 1. The molecule has 7 atom stereocenters. The number of aliphatic hydroxyl groups excluding tert-OH is 1. The molecule has 3 aromatic carbocycles. The number of hydrogen-bond acceptors (Lipinski definition) is 14. The van der Waals surface area contributed by atoms with Crippen LogP contribution in [-0.2, 0) is 32.7 Å². The zero-order valence-corrected chi connectivity index (χ0v) is 32.8. The second-order valence-corrected chi connectivity index (χ2v) is 17.0. The molecule has 2 saturated heterocycles. The lowest BCUT2D eigenvalue weighted by atomic mass is 9.73. The molecule has 7 aliphatic heterocycles. The second-order valence-electron chi connectivity index (χ2n) is 15.9. The SMILES string of the molecule is COc1c(C)cc2c(c1O)[C@@H]1C3[C@@H]4SC[C@]5(C(=O)OC[C@@H](c6c7c(c(C)c(OC(C)=O)c64)OCO7)N3[C@@H](O)[C@H](C2)N1C)c1[nH]c2ccc(O)cc2c1CCN5C. The van der Waals surface area contributed by atoms with Crippen molar-refractivity contribution < 1.29 is 48.6 Å². The standard InChI is InChI=1S/C41H44N4O10S/c1-17-11-20-12-25-39(49)45-26-14-52-40(50)41(38-22(9-10-43(41)4)23-13-21(47)7-8-24(23)42-38)15-56-37(31(45)30(44(25)5)27(20)32(48)33(17)51-6)29-28(26)36-35(53-16-54-36)18(2)34(29)55-19(3)46/h7-8,11,13,25-26,30-31,37,39,42,47-49H,9-10,12,14-16H2,1-6H3/t25-,26-,30+,31?,37+,39-,41+/m0/s1. The maximum absolute atomic E-state index is 15.0. The smallest absolute Gasteiger partial charge is 0.333 e. The Kier molecular flexibility index (Phi) is 7.92. The number of phenols is 2. The summed E-state index contributed by atoms with van der Waals surface area (Å²) in [4.78, 5) is 37.8. The number of rotatable bonds is 2. The molecule has 56 heavy (non-hydrogen) atoms. The number of phenolic OH excluding ortho intramolecular Hbond substituents is 2. The molecular formula is C41H44N4O10S. The van der Waals surface area contributed by atoms with E-state index in [0.717, 1.165) is 27.6 Å². The van der Waals surface area contributed by atoms with Gasteiger partial charge in [0.1, 0.15) is 24.3 Å². The number of nitrogens with zero attached hydrogens (tertiary/aromatic N) is 3. The van der Waals surface area contributed by atoms with Gasteiger partial charge in [-0.15, -0.1) is 11.8 Å². The molecular weight excluding hydrogens is 741 g/mol. The van der Waals surface area contributed by atoms with E-state index in [1.807, 2.05) is 49.9 Å². The van der Waals surface area contributed by atoms with Crippen LogP contribution in [0.5, 0.6) is 34.5 Å². The third kappa shape index (κ3) is 4.60. The predicted molar refractivity (Wildman–Crippen MR) is 205 cm³/mol. The molecule has 1 spiro atoms. The first-order chi connectivity index (χ1) is 26.9. The average molecular weight is 785 g/mol. The topological polar surface area (TPSA) is 166 Å². The fourth-order valence-electron chi connectivity index (χ4n) is 10.7. The van der Waals surface area contributed by atoms with E-state index in [9.17, 15) is 20.1 Å². The van der Waals surface area contributed by atoms with Crippen molar-refractivity contribution in [3.63, 3.8) is 0 Å².